The molecule has 0 saturated carbocycles. The second-order valence-corrected chi connectivity index (χ2v) is 7.52. The maximum atomic E-state index is 11.8. The second kappa shape index (κ2) is 4.35. The Morgan fingerprint density at radius 2 is 1.67 bits per heavy atom. The molecular formula is C3H7F3N2O4S3. The zero-order chi connectivity index (χ0) is 12.5. The van der Waals surface area contributed by atoms with Crippen LogP contribution < -0.4 is 4.13 Å². The van der Waals surface area contributed by atoms with E-state index in [9.17, 15) is 30.0 Å². The highest BCUT2D eigenvalue weighted by Crippen LogP contribution is 2.25. The van der Waals surface area contributed by atoms with Crippen molar-refractivity contribution in [3.63, 3.8) is 0 Å². The Labute approximate surface area is 87.2 Å². The SMILES string of the molecule is CS(=O)NS(C)(=O)=NS(=O)(=O)C(F)(F)F. The van der Waals surface area contributed by atoms with Crippen molar-refractivity contribution in [2.45, 2.75) is 5.51 Å². The van der Waals surface area contributed by atoms with Gasteiger partial charge in [0.2, 0.25) is 0 Å². The van der Waals surface area contributed by atoms with Crippen LogP contribution in [0.2, 0.25) is 0 Å². The molecule has 92 valence electrons. The minimum absolute atomic E-state index is 0.595. The van der Waals surface area contributed by atoms with E-state index in [1.54, 1.807) is 4.13 Å². The topological polar surface area (TPSA) is 92.7 Å². The van der Waals surface area contributed by atoms with E-state index in [2.05, 4.69) is 3.77 Å². The molecule has 0 radical (unpaired) electrons. The second-order valence-electron chi connectivity index (χ2n) is 2.34. The summed E-state index contributed by atoms with van der Waals surface area (Å²) in [5.74, 6) is 0. The lowest BCUT2D eigenvalue weighted by atomic mass is 11.6. The Balaban J connectivity index is 5.43. The maximum absolute atomic E-state index is 11.8. The molecule has 0 heterocycles. The molecular weight excluding hydrogens is 281 g/mol. The lowest BCUT2D eigenvalue weighted by Crippen LogP contribution is -2.28. The molecule has 0 aliphatic carbocycles. The minimum atomic E-state index is -5.85. The van der Waals surface area contributed by atoms with E-state index in [1.807, 2.05) is 0 Å². The molecule has 0 amide bonds. The summed E-state index contributed by atoms with van der Waals surface area (Å²) in [6, 6.07) is 0. The predicted octanol–water partition coefficient (Wildman–Crippen LogP) is -0.268. The fourth-order valence-corrected chi connectivity index (χ4v) is 4.44. The van der Waals surface area contributed by atoms with Gasteiger partial charge < -0.3 is 0 Å². The lowest BCUT2D eigenvalue weighted by Gasteiger charge is -2.06. The van der Waals surface area contributed by atoms with Gasteiger partial charge in [-0.05, 0) is 0 Å². The van der Waals surface area contributed by atoms with E-state index < -0.39 is 36.4 Å². The third-order valence-electron chi connectivity index (χ3n) is 0.805. The molecule has 0 aromatic heterocycles. The molecule has 0 rings (SSSR count). The molecule has 0 aromatic rings. The fraction of sp³-hybridized carbons (Fsp3) is 1.00. The van der Waals surface area contributed by atoms with Crippen molar-refractivity contribution in [2.75, 3.05) is 12.5 Å². The van der Waals surface area contributed by atoms with Crippen LogP contribution >= 0.6 is 0 Å². The van der Waals surface area contributed by atoms with E-state index >= 15 is 0 Å². The van der Waals surface area contributed by atoms with Crippen LogP contribution in [0, 0.1) is 0 Å². The van der Waals surface area contributed by atoms with E-state index in [1.165, 1.54) is 0 Å². The van der Waals surface area contributed by atoms with Crippen LogP contribution in [-0.2, 0) is 30.9 Å². The van der Waals surface area contributed by atoms with Crippen molar-refractivity contribution >= 4 is 30.9 Å². The molecule has 1 N–H and O–H groups in total. The predicted molar refractivity (Wildman–Crippen MR) is 48.7 cm³/mol. The van der Waals surface area contributed by atoms with Gasteiger partial charge in [0.1, 0.15) is 20.9 Å². The van der Waals surface area contributed by atoms with Crippen LogP contribution in [-0.4, -0.2) is 34.9 Å². The number of hydrogen-bond donors (Lipinski definition) is 1. The fourth-order valence-electron chi connectivity index (χ4n) is 0.462. The molecule has 0 aliphatic rings. The van der Waals surface area contributed by atoms with Crippen LogP contribution in [0.15, 0.2) is 3.77 Å². The largest absolute Gasteiger partial charge is 0.519 e. The molecule has 15 heavy (non-hydrogen) atoms. The minimum Gasteiger partial charge on any atom is -0.242 e. The molecule has 0 saturated heterocycles. The third kappa shape index (κ3) is 4.90. The Morgan fingerprint density at radius 1 is 1.27 bits per heavy atom. The van der Waals surface area contributed by atoms with E-state index in [0.717, 1.165) is 6.26 Å². The van der Waals surface area contributed by atoms with Crippen LogP contribution in [0.1, 0.15) is 0 Å². The monoisotopic (exact) mass is 288 g/mol. The van der Waals surface area contributed by atoms with E-state index in [4.69, 9.17) is 0 Å². The standard InChI is InChI=1S/C3H7F3N2O4S3/c1-13(9)7-14(2,10)8-15(11,12)3(4,5)6/h1-2H3,(H,7,8,10). The highest BCUT2D eigenvalue weighted by molar-refractivity contribution is 8.07. The van der Waals surface area contributed by atoms with Crippen molar-refractivity contribution in [3.8, 4) is 0 Å². The Kier molecular flexibility index (Phi) is 4.29. The summed E-state index contributed by atoms with van der Waals surface area (Å²) in [5.41, 5.74) is -5.62. The molecule has 0 bridgehead atoms. The van der Waals surface area contributed by atoms with E-state index in [-0.39, 0.29) is 0 Å². The Bertz CT molecular complexity index is 471. The number of sulfonamides is 1. The first-order valence-electron chi connectivity index (χ1n) is 3.03. The van der Waals surface area contributed by atoms with Crippen molar-refractivity contribution in [1.82, 2.24) is 4.13 Å². The molecule has 2 atom stereocenters. The number of halogens is 3. The Hall–Kier alpha value is -0.200. The summed E-state index contributed by atoms with van der Waals surface area (Å²) >= 11 is 0. The van der Waals surface area contributed by atoms with Crippen LogP contribution in [0.3, 0.4) is 0 Å². The van der Waals surface area contributed by atoms with Crippen molar-refractivity contribution in [1.29, 1.82) is 0 Å². The first-order valence-corrected chi connectivity index (χ1v) is 7.95. The van der Waals surface area contributed by atoms with Gasteiger partial charge in [-0.1, -0.05) is 3.77 Å². The van der Waals surface area contributed by atoms with Gasteiger partial charge in [0.05, 0.1) is 0 Å². The quantitative estimate of drug-likeness (QED) is 0.774. The third-order valence-corrected chi connectivity index (χ3v) is 5.49. The van der Waals surface area contributed by atoms with Gasteiger partial charge in [0.25, 0.3) is 0 Å². The number of nitrogens with one attached hydrogen (secondary N) is 1. The van der Waals surface area contributed by atoms with Crippen molar-refractivity contribution in [3.05, 3.63) is 0 Å². The summed E-state index contributed by atoms with van der Waals surface area (Å²) in [5, 5.41) is 0. The normalized spacial score (nSPS) is 19.3. The van der Waals surface area contributed by atoms with Gasteiger partial charge in [-0.25, -0.2) is 8.42 Å². The molecule has 12 heteroatoms. The highest BCUT2D eigenvalue weighted by atomic mass is 32.3. The molecule has 6 nitrogen and oxygen atoms in total. The van der Waals surface area contributed by atoms with Gasteiger partial charge in [-0.3, -0.25) is 0 Å². The van der Waals surface area contributed by atoms with Gasteiger partial charge in [-0.2, -0.15) is 21.6 Å². The molecule has 0 aromatic carbocycles. The van der Waals surface area contributed by atoms with Gasteiger partial charge in [0, 0.05) is 12.5 Å². The molecule has 0 aliphatic heterocycles. The van der Waals surface area contributed by atoms with E-state index in [0.29, 0.717) is 6.26 Å². The van der Waals surface area contributed by atoms with Crippen molar-refractivity contribution in [2.24, 2.45) is 3.77 Å². The number of hydrogen-bond acceptors (Lipinski definition) is 4. The molecule has 0 spiro atoms. The zero-order valence-corrected chi connectivity index (χ0v) is 9.89. The van der Waals surface area contributed by atoms with Crippen molar-refractivity contribution < 1.29 is 30.0 Å². The average molecular weight is 288 g/mol. The molecule has 2 unspecified atom stereocenters. The average Bonchev–Trinajstić information content (AvgIpc) is 1.75. The number of rotatable bonds is 3. The zero-order valence-electron chi connectivity index (χ0n) is 7.44. The summed E-state index contributed by atoms with van der Waals surface area (Å²) in [6.07, 6.45) is 1.57. The van der Waals surface area contributed by atoms with Crippen LogP contribution in [0.25, 0.3) is 0 Å². The van der Waals surface area contributed by atoms with Crippen LogP contribution in [0.4, 0.5) is 13.2 Å². The lowest BCUT2D eigenvalue weighted by molar-refractivity contribution is -0.0434. The van der Waals surface area contributed by atoms with Gasteiger partial charge >= 0.3 is 15.5 Å². The number of alkyl halides is 3. The first kappa shape index (κ1) is 14.8. The van der Waals surface area contributed by atoms with Crippen LogP contribution in [0.5, 0.6) is 0 Å². The highest BCUT2D eigenvalue weighted by Gasteiger charge is 2.47. The van der Waals surface area contributed by atoms with Gasteiger partial charge in [0.15, 0.2) is 0 Å². The summed E-state index contributed by atoms with van der Waals surface area (Å²) in [7, 11) is -11.7. The van der Waals surface area contributed by atoms with Gasteiger partial charge in [-0.15, -0.1) is 4.13 Å². The summed E-state index contributed by atoms with van der Waals surface area (Å²) in [4.78, 5) is 0. The smallest absolute Gasteiger partial charge is 0.242 e. The summed E-state index contributed by atoms with van der Waals surface area (Å²) < 4.78 is 81.6. The maximum Gasteiger partial charge on any atom is 0.519 e. The summed E-state index contributed by atoms with van der Waals surface area (Å²) in [6.45, 7) is 0. The first-order chi connectivity index (χ1) is 6.37. The number of nitrogens with zero attached hydrogens (tertiary/aromatic N) is 1. The Morgan fingerprint density at radius 3 is 1.93 bits per heavy atom. The molecule has 0 fully saturated rings.